The highest BCUT2D eigenvalue weighted by molar-refractivity contribution is 7.10. The first kappa shape index (κ1) is 15.1. The summed E-state index contributed by atoms with van der Waals surface area (Å²) in [6.45, 7) is 4.30. The zero-order valence-corrected chi connectivity index (χ0v) is 12.8. The van der Waals surface area contributed by atoms with Gasteiger partial charge in [0.1, 0.15) is 6.61 Å². The molecular weight excluding hydrogens is 270 g/mol. The van der Waals surface area contributed by atoms with Gasteiger partial charge in [-0.1, -0.05) is 32.1 Å². The minimum Gasteiger partial charge on any atom is -0.384 e. The average molecular weight is 291 g/mol. The molecule has 1 aromatic rings. The Hall–Kier alpha value is -1.31. The number of carbonyl (C=O) groups is 1. The van der Waals surface area contributed by atoms with E-state index in [4.69, 9.17) is 5.11 Å². The highest BCUT2D eigenvalue weighted by atomic mass is 32.1. The van der Waals surface area contributed by atoms with Crippen LogP contribution in [0.3, 0.4) is 0 Å². The minimum atomic E-state index is -0.155. The second kappa shape index (κ2) is 6.92. The summed E-state index contributed by atoms with van der Waals surface area (Å²) in [5.41, 5.74) is 0.671. The Morgan fingerprint density at radius 3 is 3.00 bits per heavy atom. The Morgan fingerprint density at radius 2 is 2.35 bits per heavy atom. The van der Waals surface area contributed by atoms with Crippen molar-refractivity contribution in [2.24, 2.45) is 11.8 Å². The number of rotatable bonds is 3. The maximum absolute atomic E-state index is 12.2. The number of thiophene rings is 1. The lowest BCUT2D eigenvalue weighted by molar-refractivity contribution is 0.0927. The summed E-state index contributed by atoms with van der Waals surface area (Å²) in [7, 11) is 0. The summed E-state index contributed by atoms with van der Waals surface area (Å²) in [6, 6.07) is 2.08. The first-order valence-electron chi connectivity index (χ1n) is 7.14. The smallest absolute Gasteiger partial charge is 0.252 e. The topological polar surface area (TPSA) is 49.3 Å². The quantitative estimate of drug-likeness (QED) is 0.841. The van der Waals surface area contributed by atoms with Gasteiger partial charge in [-0.3, -0.25) is 4.79 Å². The molecule has 1 amide bonds. The van der Waals surface area contributed by atoms with E-state index >= 15 is 0 Å². The monoisotopic (exact) mass is 291 g/mol. The maximum Gasteiger partial charge on any atom is 0.252 e. The number of hydrogen-bond donors (Lipinski definition) is 2. The Bertz CT molecular complexity index is 526. The molecule has 0 spiro atoms. The molecule has 3 atom stereocenters. The fraction of sp³-hybridized carbons (Fsp3) is 0.562. The lowest BCUT2D eigenvalue weighted by Crippen LogP contribution is -2.37. The van der Waals surface area contributed by atoms with Gasteiger partial charge in [-0.15, -0.1) is 11.3 Å². The fourth-order valence-electron chi connectivity index (χ4n) is 2.93. The highest BCUT2D eigenvalue weighted by Crippen LogP contribution is 2.34. The van der Waals surface area contributed by atoms with Crippen LogP contribution in [0.25, 0.3) is 0 Å². The third-order valence-corrected chi connectivity index (χ3v) is 5.07. The molecule has 0 radical (unpaired) electrons. The van der Waals surface area contributed by atoms with E-state index in [-0.39, 0.29) is 12.5 Å². The van der Waals surface area contributed by atoms with E-state index in [9.17, 15) is 4.79 Å². The van der Waals surface area contributed by atoms with Gasteiger partial charge in [0, 0.05) is 11.4 Å². The molecule has 2 rings (SSSR count). The SMILES string of the molecule is CCC1CCC(NC(=O)c2csc(C#CCO)c2)C1C. The van der Waals surface area contributed by atoms with Gasteiger partial charge in [-0.25, -0.2) is 0 Å². The van der Waals surface area contributed by atoms with Gasteiger partial charge in [-0.2, -0.15) is 0 Å². The lowest BCUT2D eigenvalue weighted by Gasteiger charge is -2.20. The molecule has 1 saturated carbocycles. The second-order valence-electron chi connectivity index (χ2n) is 5.34. The number of nitrogens with one attached hydrogen (secondary N) is 1. The van der Waals surface area contributed by atoms with Crippen LogP contribution in [0.4, 0.5) is 0 Å². The van der Waals surface area contributed by atoms with Crippen LogP contribution in [-0.2, 0) is 0 Å². The predicted molar refractivity (Wildman–Crippen MR) is 81.7 cm³/mol. The van der Waals surface area contributed by atoms with Crippen LogP contribution in [0, 0.1) is 23.7 Å². The molecule has 1 aliphatic rings. The number of aliphatic hydroxyl groups excluding tert-OH is 1. The fourth-order valence-corrected chi connectivity index (χ4v) is 3.68. The van der Waals surface area contributed by atoms with E-state index in [0.29, 0.717) is 17.5 Å². The Labute approximate surface area is 124 Å². The number of amides is 1. The van der Waals surface area contributed by atoms with Gasteiger partial charge in [0.15, 0.2) is 0 Å². The molecule has 2 N–H and O–H groups in total. The maximum atomic E-state index is 12.2. The van der Waals surface area contributed by atoms with Gasteiger partial charge in [0.05, 0.1) is 10.4 Å². The Morgan fingerprint density at radius 1 is 1.55 bits per heavy atom. The molecule has 1 fully saturated rings. The first-order valence-corrected chi connectivity index (χ1v) is 8.02. The van der Waals surface area contributed by atoms with E-state index < -0.39 is 0 Å². The summed E-state index contributed by atoms with van der Waals surface area (Å²) in [6.07, 6.45) is 3.47. The van der Waals surface area contributed by atoms with Crippen LogP contribution in [-0.4, -0.2) is 23.7 Å². The molecule has 3 unspecified atom stereocenters. The summed E-state index contributed by atoms with van der Waals surface area (Å²) >= 11 is 1.44. The summed E-state index contributed by atoms with van der Waals surface area (Å²) in [4.78, 5) is 13.0. The summed E-state index contributed by atoms with van der Waals surface area (Å²) < 4.78 is 0. The Balaban J connectivity index is 1.97. The molecule has 108 valence electrons. The van der Waals surface area contributed by atoms with Gasteiger partial charge >= 0.3 is 0 Å². The van der Waals surface area contributed by atoms with Gasteiger partial charge in [-0.05, 0) is 30.7 Å². The Kier molecular flexibility index (Phi) is 5.22. The van der Waals surface area contributed by atoms with E-state index in [1.165, 1.54) is 24.2 Å². The van der Waals surface area contributed by atoms with Crippen LogP contribution in [0.15, 0.2) is 11.4 Å². The molecule has 0 saturated heterocycles. The van der Waals surface area contributed by atoms with Crippen molar-refractivity contribution in [1.82, 2.24) is 5.32 Å². The first-order chi connectivity index (χ1) is 9.65. The van der Waals surface area contributed by atoms with Crippen LogP contribution in [0.5, 0.6) is 0 Å². The van der Waals surface area contributed by atoms with Crippen LogP contribution in [0.2, 0.25) is 0 Å². The van der Waals surface area contributed by atoms with Crippen molar-refractivity contribution < 1.29 is 9.90 Å². The minimum absolute atomic E-state index is 0.00750. The van der Waals surface area contributed by atoms with Crippen molar-refractivity contribution in [3.8, 4) is 11.8 Å². The number of carbonyl (C=O) groups excluding carboxylic acids is 1. The zero-order valence-electron chi connectivity index (χ0n) is 12.0. The molecule has 0 aromatic carbocycles. The standard InChI is InChI=1S/C16H21NO2S/c1-3-12-6-7-15(11(12)2)17-16(19)13-9-14(20-10-13)5-4-8-18/h9-12,15,18H,3,6-8H2,1-2H3,(H,17,19). The second-order valence-corrected chi connectivity index (χ2v) is 6.26. The average Bonchev–Trinajstić information content (AvgIpc) is 3.04. The van der Waals surface area contributed by atoms with Gasteiger partial charge < -0.3 is 10.4 Å². The van der Waals surface area contributed by atoms with Crippen molar-refractivity contribution in [3.63, 3.8) is 0 Å². The third kappa shape index (κ3) is 3.41. The molecule has 1 aromatic heterocycles. The molecule has 20 heavy (non-hydrogen) atoms. The van der Waals surface area contributed by atoms with Gasteiger partial charge in [0.25, 0.3) is 5.91 Å². The molecule has 0 bridgehead atoms. The van der Waals surface area contributed by atoms with Crippen LogP contribution >= 0.6 is 11.3 Å². The molecule has 1 heterocycles. The van der Waals surface area contributed by atoms with Crippen LogP contribution in [0.1, 0.15) is 48.3 Å². The van der Waals surface area contributed by atoms with Crippen molar-refractivity contribution in [2.75, 3.05) is 6.61 Å². The molecule has 1 aliphatic carbocycles. The zero-order chi connectivity index (χ0) is 14.5. The van der Waals surface area contributed by atoms with E-state index in [1.54, 1.807) is 6.07 Å². The summed E-state index contributed by atoms with van der Waals surface area (Å²) in [5.74, 6) is 6.70. The molecule has 0 aliphatic heterocycles. The lowest BCUT2D eigenvalue weighted by atomic mass is 9.93. The summed E-state index contributed by atoms with van der Waals surface area (Å²) in [5, 5.41) is 13.6. The number of aliphatic hydroxyl groups is 1. The van der Waals surface area contributed by atoms with E-state index in [2.05, 4.69) is 31.0 Å². The van der Waals surface area contributed by atoms with Crippen molar-refractivity contribution in [3.05, 3.63) is 21.9 Å². The van der Waals surface area contributed by atoms with Crippen molar-refractivity contribution >= 4 is 17.2 Å². The van der Waals surface area contributed by atoms with E-state index in [1.807, 2.05) is 5.38 Å². The molecular formula is C16H21NO2S. The highest BCUT2D eigenvalue weighted by Gasteiger charge is 2.32. The third-order valence-electron chi connectivity index (χ3n) is 4.22. The van der Waals surface area contributed by atoms with Crippen molar-refractivity contribution in [1.29, 1.82) is 0 Å². The molecule has 3 nitrogen and oxygen atoms in total. The van der Waals surface area contributed by atoms with Gasteiger partial charge in [0.2, 0.25) is 0 Å². The van der Waals surface area contributed by atoms with E-state index in [0.717, 1.165) is 17.2 Å². The van der Waals surface area contributed by atoms with Crippen molar-refractivity contribution in [2.45, 2.75) is 39.2 Å². The molecule has 4 heteroatoms. The predicted octanol–water partition coefficient (Wildman–Crippen LogP) is 2.65. The normalized spacial score (nSPS) is 25.1. The number of hydrogen-bond acceptors (Lipinski definition) is 3. The van der Waals surface area contributed by atoms with Crippen LogP contribution < -0.4 is 5.32 Å². The largest absolute Gasteiger partial charge is 0.384 e.